The molecule has 0 spiro atoms. The molecule has 0 amide bonds. The number of ketones is 1. The fourth-order valence-electron chi connectivity index (χ4n) is 2.40. The summed E-state index contributed by atoms with van der Waals surface area (Å²) in [5.41, 5.74) is 2.82. The summed E-state index contributed by atoms with van der Waals surface area (Å²) in [6, 6.07) is 17.6. The number of benzene rings is 2. The van der Waals surface area contributed by atoms with Crippen LogP contribution in [0.4, 0.5) is 0 Å². The molecule has 0 radical (unpaired) electrons. The van der Waals surface area contributed by atoms with Gasteiger partial charge in [0.2, 0.25) is 5.78 Å². The third kappa shape index (κ3) is 2.20. The van der Waals surface area contributed by atoms with E-state index in [2.05, 4.69) is 17.1 Å². The SMILES string of the molecule is O=C(c1ccccc1)c1nc2c(s1)CSc1ccccc1-2. The number of aromatic nitrogens is 1. The molecule has 0 saturated carbocycles. The van der Waals surface area contributed by atoms with Gasteiger partial charge in [0.1, 0.15) is 0 Å². The highest BCUT2D eigenvalue weighted by Gasteiger charge is 2.23. The van der Waals surface area contributed by atoms with Gasteiger partial charge in [0.15, 0.2) is 5.01 Å². The van der Waals surface area contributed by atoms with Crippen LogP contribution in [-0.2, 0) is 5.75 Å². The van der Waals surface area contributed by atoms with E-state index in [9.17, 15) is 4.79 Å². The van der Waals surface area contributed by atoms with Gasteiger partial charge in [0, 0.05) is 26.7 Å². The van der Waals surface area contributed by atoms with Gasteiger partial charge in [-0.05, 0) is 6.07 Å². The van der Waals surface area contributed by atoms with E-state index in [1.165, 1.54) is 21.1 Å². The third-order valence-corrected chi connectivity index (χ3v) is 5.77. The van der Waals surface area contributed by atoms with Gasteiger partial charge in [0.25, 0.3) is 0 Å². The zero-order valence-corrected chi connectivity index (χ0v) is 12.7. The average molecular weight is 309 g/mol. The van der Waals surface area contributed by atoms with Crippen molar-refractivity contribution < 1.29 is 4.79 Å². The van der Waals surface area contributed by atoms with E-state index in [1.807, 2.05) is 54.2 Å². The lowest BCUT2D eigenvalue weighted by Gasteiger charge is -2.13. The summed E-state index contributed by atoms with van der Waals surface area (Å²) in [7, 11) is 0. The predicted octanol–water partition coefficient (Wildman–Crippen LogP) is 4.65. The van der Waals surface area contributed by atoms with Crippen LogP contribution in [0.3, 0.4) is 0 Å². The van der Waals surface area contributed by atoms with Crippen molar-refractivity contribution in [2.24, 2.45) is 0 Å². The Morgan fingerprint density at radius 3 is 2.62 bits per heavy atom. The van der Waals surface area contributed by atoms with Crippen molar-refractivity contribution in [3.8, 4) is 11.3 Å². The highest BCUT2D eigenvalue weighted by molar-refractivity contribution is 7.98. The summed E-state index contributed by atoms with van der Waals surface area (Å²) in [6.45, 7) is 0. The molecule has 21 heavy (non-hydrogen) atoms. The predicted molar refractivity (Wildman–Crippen MR) is 87.0 cm³/mol. The molecule has 102 valence electrons. The first kappa shape index (κ1) is 12.8. The maximum atomic E-state index is 12.5. The van der Waals surface area contributed by atoms with Gasteiger partial charge >= 0.3 is 0 Å². The van der Waals surface area contributed by atoms with Gasteiger partial charge in [-0.15, -0.1) is 23.1 Å². The number of thioether (sulfide) groups is 1. The number of nitrogens with zero attached hydrogens (tertiary/aromatic N) is 1. The Kier molecular flexibility index (Phi) is 3.13. The van der Waals surface area contributed by atoms with Crippen molar-refractivity contribution in [1.82, 2.24) is 4.98 Å². The molecule has 2 nitrogen and oxygen atoms in total. The van der Waals surface area contributed by atoms with Crippen molar-refractivity contribution in [2.75, 3.05) is 0 Å². The van der Waals surface area contributed by atoms with Gasteiger partial charge in [0.05, 0.1) is 5.69 Å². The Morgan fingerprint density at radius 1 is 1.00 bits per heavy atom. The fourth-order valence-corrected chi connectivity index (χ4v) is 4.57. The molecule has 0 unspecified atom stereocenters. The minimum absolute atomic E-state index is 0.0116. The van der Waals surface area contributed by atoms with Gasteiger partial charge in [-0.25, -0.2) is 4.98 Å². The molecule has 1 aromatic heterocycles. The van der Waals surface area contributed by atoms with E-state index in [0.29, 0.717) is 10.6 Å². The lowest BCUT2D eigenvalue weighted by molar-refractivity contribution is 0.103. The van der Waals surface area contributed by atoms with E-state index in [1.54, 1.807) is 0 Å². The molecule has 0 bridgehead atoms. The molecule has 0 fully saturated rings. The van der Waals surface area contributed by atoms with E-state index in [-0.39, 0.29) is 5.78 Å². The van der Waals surface area contributed by atoms with Gasteiger partial charge in [-0.1, -0.05) is 48.5 Å². The second-order valence-corrected chi connectivity index (χ2v) is 6.87. The van der Waals surface area contributed by atoms with Crippen LogP contribution in [0.25, 0.3) is 11.3 Å². The molecular formula is C17H11NOS2. The van der Waals surface area contributed by atoms with Crippen LogP contribution < -0.4 is 0 Å². The normalized spacial score (nSPS) is 12.6. The van der Waals surface area contributed by atoms with Crippen LogP contribution in [0.15, 0.2) is 59.5 Å². The number of carbonyl (C=O) groups is 1. The van der Waals surface area contributed by atoms with Crippen LogP contribution in [0.5, 0.6) is 0 Å². The van der Waals surface area contributed by atoms with E-state index in [4.69, 9.17) is 0 Å². The third-order valence-electron chi connectivity index (χ3n) is 3.43. The topological polar surface area (TPSA) is 30.0 Å². The van der Waals surface area contributed by atoms with E-state index in [0.717, 1.165) is 17.0 Å². The molecule has 0 aliphatic carbocycles. The summed E-state index contributed by atoms with van der Waals surface area (Å²) in [4.78, 5) is 19.6. The standard InChI is InChI=1S/C17H11NOS2/c19-16(11-6-2-1-3-7-11)17-18-15-12-8-4-5-9-13(12)20-10-14(15)21-17/h1-9H,10H2. The first-order chi connectivity index (χ1) is 10.3. The molecule has 2 aromatic carbocycles. The molecule has 0 saturated heterocycles. The first-order valence-electron chi connectivity index (χ1n) is 6.64. The molecule has 4 heteroatoms. The largest absolute Gasteiger partial charge is 0.286 e. The number of hydrogen-bond donors (Lipinski definition) is 0. The summed E-state index contributed by atoms with van der Waals surface area (Å²) < 4.78 is 0. The van der Waals surface area contributed by atoms with Gasteiger partial charge in [-0.3, -0.25) is 4.79 Å². The van der Waals surface area contributed by atoms with Crippen molar-refractivity contribution in [3.63, 3.8) is 0 Å². The highest BCUT2D eigenvalue weighted by atomic mass is 32.2. The quantitative estimate of drug-likeness (QED) is 0.646. The zero-order valence-electron chi connectivity index (χ0n) is 11.1. The zero-order chi connectivity index (χ0) is 14.2. The molecule has 4 rings (SSSR count). The van der Waals surface area contributed by atoms with Crippen LogP contribution in [0, 0.1) is 0 Å². The Labute approximate surface area is 130 Å². The van der Waals surface area contributed by atoms with Gasteiger partial charge in [-0.2, -0.15) is 0 Å². The highest BCUT2D eigenvalue weighted by Crippen LogP contribution is 2.43. The number of fused-ring (bicyclic) bond motifs is 3. The Morgan fingerprint density at radius 2 is 1.76 bits per heavy atom. The number of thiazole rings is 1. The summed E-state index contributed by atoms with van der Waals surface area (Å²) in [6.07, 6.45) is 0. The average Bonchev–Trinajstić information content (AvgIpc) is 2.99. The lowest BCUT2D eigenvalue weighted by atomic mass is 10.1. The summed E-state index contributed by atoms with van der Waals surface area (Å²) in [5.74, 6) is 0.906. The summed E-state index contributed by atoms with van der Waals surface area (Å²) >= 11 is 3.33. The molecule has 0 atom stereocenters. The fraction of sp³-hybridized carbons (Fsp3) is 0.0588. The molecule has 1 aliphatic heterocycles. The lowest BCUT2D eigenvalue weighted by Crippen LogP contribution is -2.00. The van der Waals surface area contributed by atoms with Crippen LogP contribution in [0.1, 0.15) is 20.2 Å². The monoisotopic (exact) mass is 309 g/mol. The van der Waals surface area contributed by atoms with Crippen molar-refractivity contribution in [2.45, 2.75) is 10.6 Å². The first-order valence-corrected chi connectivity index (χ1v) is 8.45. The van der Waals surface area contributed by atoms with Crippen LogP contribution in [0.2, 0.25) is 0 Å². The van der Waals surface area contributed by atoms with Gasteiger partial charge < -0.3 is 0 Å². The maximum Gasteiger partial charge on any atom is 0.221 e. The maximum absolute atomic E-state index is 12.5. The molecule has 3 aromatic rings. The molecule has 1 aliphatic rings. The Balaban J connectivity index is 1.79. The van der Waals surface area contributed by atoms with E-state index < -0.39 is 0 Å². The van der Waals surface area contributed by atoms with Crippen molar-refractivity contribution in [1.29, 1.82) is 0 Å². The minimum Gasteiger partial charge on any atom is -0.286 e. The van der Waals surface area contributed by atoms with Crippen molar-refractivity contribution in [3.05, 3.63) is 70.0 Å². The Bertz CT molecular complexity index is 824. The second-order valence-electron chi connectivity index (χ2n) is 4.77. The summed E-state index contributed by atoms with van der Waals surface area (Å²) in [5, 5.41) is 0.587. The van der Waals surface area contributed by atoms with Crippen LogP contribution in [-0.4, -0.2) is 10.8 Å². The second kappa shape index (κ2) is 5.13. The van der Waals surface area contributed by atoms with Crippen LogP contribution >= 0.6 is 23.1 Å². The molecule has 2 heterocycles. The number of hydrogen-bond acceptors (Lipinski definition) is 4. The molecule has 0 N–H and O–H groups in total. The van der Waals surface area contributed by atoms with Crippen molar-refractivity contribution >= 4 is 28.9 Å². The van der Waals surface area contributed by atoms with E-state index >= 15 is 0 Å². The number of rotatable bonds is 2. The minimum atomic E-state index is 0.0116. The number of carbonyl (C=O) groups excluding carboxylic acids is 1. The Hall–Kier alpha value is -1.91. The smallest absolute Gasteiger partial charge is 0.221 e. The molecular weight excluding hydrogens is 298 g/mol.